The SMILES string of the molecule is COc1c(C)cc(-c2ncc(CNC(=O)c3ccc4c(c3)NC(=O)c3ccccc3S4)s2)cc1C. The number of thiazole rings is 1. The Labute approximate surface area is 211 Å². The van der Waals surface area contributed by atoms with Gasteiger partial charge in [-0.2, -0.15) is 0 Å². The minimum atomic E-state index is -0.208. The minimum Gasteiger partial charge on any atom is -0.496 e. The van der Waals surface area contributed by atoms with E-state index in [1.165, 1.54) is 11.8 Å². The van der Waals surface area contributed by atoms with Crippen molar-refractivity contribution < 1.29 is 14.3 Å². The maximum absolute atomic E-state index is 12.9. The van der Waals surface area contributed by atoms with Crippen LogP contribution in [0.15, 0.2) is 70.6 Å². The van der Waals surface area contributed by atoms with E-state index < -0.39 is 0 Å². The maximum Gasteiger partial charge on any atom is 0.256 e. The van der Waals surface area contributed by atoms with Crippen LogP contribution in [0.2, 0.25) is 0 Å². The summed E-state index contributed by atoms with van der Waals surface area (Å²) >= 11 is 3.06. The molecular formula is C27H23N3O3S2. The third kappa shape index (κ3) is 4.67. The van der Waals surface area contributed by atoms with Crippen molar-refractivity contribution in [3.8, 4) is 16.3 Å². The van der Waals surface area contributed by atoms with Gasteiger partial charge in [0.2, 0.25) is 0 Å². The van der Waals surface area contributed by atoms with E-state index in [-0.39, 0.29) is 11.8 Å². The Bertz CT molecular complexity index is 1440. The highest BCUT2D eigenvalue weighted by molar-refractivity contribution is 7.99. The number of carbonyl (C=O) groups is 2. The molecule has 0 spiro atoms. The van der Waals surface area contributed by atoms with Crippen LogP contribution in [0.25, 0.3) is 10.6 Å². The first-order chi connectivity index (χ1) is 16.9. The Morgan fingerprint density at radius 1 is 1.06 bits per heavy atom. The monoisotopic (exact) mass is 501 g/mol. The Morgan fingerprint density at radius 3 is 2.60 bits per heavy atom. The molecule has 0 atom stereocenters. The van der Waals surface area contributed by atoms with Gasteiger partial charge < -0.3 is 15.4 Å². The number of hydrogen-bond acceptors (Lipinski definition) is 6. The highest BCUT2D eigenvalue weighted by Crippen LogP contribution is 2.39. The number of anilines is 1. The maximum atomic E-state index is 12.9. The van der Waals surface area contributed by atoms with E-state index in [2.05, 4.69) is 27.8 Å². The van der Waals surface area contributed by atoms with Crippen molar-refractivity contribution >= 4 is 40.6 Å². The number of ether oxygens (including phenoxy) is 1. The first-order valence-electron chi connectivity index (χ1n) is 11.0. The predicted molar refractivity (Wildman–Crippen MR) is 140 cm³/mol. The van der Waals surface area contributed by atoms with Gasteiger partial charge >= 0.3 is 0 Å². The fourth-order valence-corrected chi connectivity index (χ4v) is 5.95. The Kier molecular flexibility index (Phi) is 6.32. The lowest BCUT2D eigenvalue weighted by atomic mass is 10.1. The van der Waals surface area contributed by atoms with Gasteiger partial charge in [-0.05, 0) is 67.4 Å². The number of nitrogens with zero attached hydrogens (tertiary/aromatic N) is 1. The fraction of sp³-hybridized carbons (Fsp3) is 0.148. The van der Waals surface area contributed by atoms with Crippen LogP contribution in [-0.4, -0.2) is 23.9 Å². The number of aryl methyl sites for hydroxylation is 2. The van der Waals surface area contributed by atoms with Gasteiger partial charge in [-0.15, -0.1) is 11.3 Å². The van der Waals surface area contributed by atoms with Gasteiger partial charge in [-0.25, -0.2) is 4.98 Å². The average molecular weight is 502 g/mol. The number of fused-ring (bicyclic) bond motifs is 2. The summed E-state index contributed by atoms with van der Waals surface area (Å²) < 4.78 is 5.45. The number of methoxy groups -OCH3 is 1. The number of aromatic nitrogens is 1. The van der Waals surface area contributed by atoms with Gasteiger partial charge in [0.1, 0.15) is 10.8 Å². The van der Waals surface area contributed by atoms with E-state index in [1.807, 2.05) is 38.1 Å². The van der Waals surface area contributed by atoms with Crippen LogP contribution >= 0.6 is 23.1 Å². The van der Waals surface area contributed by atoms with E-state index in [0.717, 1.165) is 42.1 Å². The van der Waals surface area contributed by atoms with Gasteiger partial charge in [0.25, 0.3) is 11.8 Å². The average Bonchev–Trinajstić information content (AvgIpc) is 3.27. The smallest absolute Gasteiger partial charge is 0.256 e. The minimum absolute atomic E-state index is 0.175. The van der Waals surface area contributed by atoms with Crippen molar-refractivity contribution in [1.29, 1.82) is 0 Å². The van der Waals surface area contributed by atoms with E-state index in [9.17, 15) is 9.59 Å². The summed E-state index contributed by atoms with van der Waals surface area (Å²) in [5, 5.41) is 6.79. The molecule has 0 bridgehead atoms. The van der Waals surface area contributed by atoms with Crippen molar-refractivity contribution in [3.05, 3.63) is 87.9 Å². The highest BCUT2D eigenvalue weighted by Gasteiger charge is 2.21. The lowest BCUT2D eigenvalue weighted by molar-refractivity contribution is 0.0949. The molecule has 6 nitrogen and oxygen atoms in total. The molecular weight excluding hydrogens is 478 g/mol. The summed E-state index contributed by atoms with van der Waals surface area (Å²) in [4.78, 5) is 32.8. The van der Waals surface area contributed by atoms with Crippen molar-refractivity contribution in [2.45, 2.75) is 30.2 Å². The molecule has 176 valence electrons. The molecule has 1 aliphatic rings. The largest absolute Gasteiger partial charge is 0.496 e. The molecule has 5 rings (SSSR count). The molecule has 2 amide bonds. The molecule has 3 aromatic carbocycles. The molecule has 35 heavy (non-hydrogen) atoms. The first kappa shape index (κ1) is 23.1. The third-order valence-corrected chi connectivity index (χ3v) is 7.93. The second-order valence-corrected chi connectivity index (χ2v) is 10.4. The Hall–Kier alpha value is -3.62. The van der Waals surface area contributed by atoms with Gasteiger partial charge in [-0.3, -0.25) is 9.59 Å². The van der Waals surface area contributed by atoms with Crippen LogP contribution < -0.4 is 15.4 Å². The highest BCUT2D eigenvalue weighted by atomic mass is 32.2. The molecule has 0 fully saturated rings. The number of carbonyl (C=O) groups excluding carboxylic acids is 2. The second-order valence-electron chi connectivity index (χ2n) is 8.22. The van der Waals surface area contributed by atoms with Crippen molar-refractivity contribution in [2.24, 2.45) is 0 Å². The van der Waals surface area contributed by atoms with Crippen LogP contribution in [0.5, 0.6) is 5.75 Å². The van der Waals surface area contributed by atoms with Crippen molar-refractivity contribution in [2.75, 3.05) is 12.4 Å². The number of hydrogen-bond donors (Lipinski definition) is 2. The van der Waals surface area contributed by atoms with Gasteiger partial charge in [0.15, 0.2) is 0 Å². The lowest BCUT2D eigenvalue weighted by Crippen LogP contribution is -2.22. The Balaban J connectivity index is 1.29. The molecule has 0 unspecified atom stereocenters. The standard InChI is InChI=1S/C27H23N3O3S2/c1-15-10-18(11-16(2)24(15)33-3)27-29-14-19(34-27)13-28-25(31)17-8-9-23-21(12-17)30-26(32)20-6-4-5-7-22(20)35-23/h4-12,14H,13H2,1-3H3,(H,28,31)(H,30,32). The molecule has 0 radical (unpaired) electrons. The van der Waals surface area contributed by atoms with Gasteiger partial charge in [0, 0.05) is 32.0 Å². The topological polar surface area (TPSA) is 80.3 Å². The van der Waals surface area contributed by atoms with E-state index in [0.29, 0.717) is 23.4 Å². The first-order valence-corrected chi connectivity index (χ1v) is 12.7. The second kappa shape index (κ2) is 9.56. The van der Waals surface area contributed by atoms with Crippen LogP contribution in [0.4, 0.5) is 5.69 Å². The zero-order chi connectivity index (χ0) is 24.5. The van der Waals surface area contributed by atoms with Crippen molar-refractivity contribution in [3.63, 3.8) is 0 Å². The Morgan fingerprint density at radius 2 is 1.83 bits per heavy atom. The third-order valence-electron chi connectivity index (χ3n) is 5.73. The molecule has 4 aromatic rings. The summed E-state index contributed by atoms with van der Waals surface area (Å²) in [7, 11) is 1.68. The molecule has 8 heteroatoms. The van der Waals surface area contributed by atoms with Crippen LogP contribution in [-0.2, 0) is 6.54 Å². The van der Waals surface area contributed by atoms with Gasteiger partial charge in [0.05, 0.1) is 24.9 Å². The number of benzene rings is 3. The number of amides is 2. The quantitative estimate of drug-likeness (QED) is 0.346. The molecule has 0 saturated heterocycles. The number of nitrogens with one attached hydrogen (secondary N) is 2. The summed E-state index contributed by atoms with van der Waals surface area (Å²) in [5.74, 6) is 0.502. The zero-order valence-electron chi connectivity index (χ0n) is 19.5. The summed E-state index contributed by atoms with van der Waals surface area (Å²) in [6.45, 7) is 4.41. The molecule has 2 heterocycles. The van der Waals surface area contributed by atoms with Crippen LogP contribution in [0, 0.1) is 13.8 Å². The normalized spacial score (nSPS) is 12.3. The van der Waals surface area contributed by atoms with Crippen LogP contribution in [0.1, 0.15) is 36.7 Å². The molecule has 0 saturated carbocycles. The van der Waals surface area contributed by atoms with E-state index >= 15 is 0 Å². The van der Waals surface area contributed by atoms with E-state index in [4.69, 9.17) is 4.74 Å². The number of rotatable bonds is 5. The summed E-state index contributed by atoms with van der Waals surface area (Å²) in [6, 6.07) is 17.0. The molecule has 1 aromatic heterocycles. The summed E-state index contributed by atoms with van der Waals surface area (Å²) in [5.41, 5.74) is 4.90. The zero-order valence-corrected chi connectivity index (χ0v) is 21.1. The predicted octanol–water partition coefficient (Wildman–Crippen LogP) is 6.08. The van der Waals surface area contributed by atoms with E-state index in [1.54, 1.807) is 42.8 Å². The van der Waals surface area contributed by atoms with Crippen molar-refractivity contribution in [1.82, 2.24) is 10.3 Å². The summed E-state index contributed by atoms with van der Waals surface area (Å²) in [6.07, 6.45) is 1.79. The van der Waals surface area contributed by atoms with Crippen LogP contribution in [0.3, 0.4) is 0 Å². The molecule has 1 aliphatic heterocycles. The lowest BCUT2D eigenvalue weighted by Gasteiger charge is -2.10. The fourth-order valence-electron chi connectivity index (χ4n) is 4.10. The molecule has 2 N–H and O–H groups in total. The van der Waals surface area contributed by atoms with Gasteiger partial charge in [-0.1, -0.05) is 23.9 Å². The molecule has 0 aliphatic carbocycles.